The van der Waals surface area contributed by atoms with Crippen LogP contribution in [0.25, 0.3) is 6.08 Å². The minimum absolute atomic E-state index is 0.0152. The smallest absolute Gasteiger partial charge is 0.250 e. The second-order valence-electron chi connectivity index (χ2n) is 4.69. The number of methoxy groups -OCH3 is 2. The summed E-state index contributed by atoms with van der Waals surface area (Å²) in [5.41, 5.74) is 5.61. The van der Waals surface area contributed by atoms with Gasteiger partial charge in [-0.1, -0.05) is 13.0 Å². The van der Waals surface area contributed by atoms with Crippen LogP contribution in [0.5, 0.6) is 11.5 Å². The maximum Gasteiger partial charge on any atom is 0.250 e. The van der Waals surface area contributed by atoms with Gasteiger partial charge in [-0.3, -0.25) is 25.8 Å². The van der Waals surface area contributed by atoms with Crippen LogP contribution in [0.15, 0.2) is 24.3 Å². The molecule has 1 rings (SSSR count). The van der Waals surface area contributed by atoms with E-state index in [9.17, 15) is 9.59 Å². The van der Waals surface area contributed by atoms with E-state index < -0.39 is 5.91 Å². The summed E-state index contributed by atoms with van der Waals surface area (Å²) in [5.74, 6) is 0.546. The zero-order valence-corrected chi connectivity index (χ0v) is 14.7. The number of hydrogen-bond donors (Lipinski definition) is 3. The van der Waals surface area contributed by atoms with Gasteiger partial charge in [0.1, 0.15) is 0 Å². The lowest BCUT2D eigenvalue weighted by Crippen LogP contribution is -2.48. The molecule has 2 amide bonds. The molecule has 24 heavy (non-hydrogen) atoms. The van der Waals surface area contributed by atoms with Crippen LogP contribution in [-0.2, 0) is 9.59 Å². The summed E-state index contributed by atoms with van der Waals surface area (Å²) in [6.07, 6.45) is 4.03. The highest BCUT2D eigenvalue weighted by Crippen LogP contribution is 2.27. The summed E-state index contributed by atoms with van der Waals surface area (Å²) < 4.78 is 10.3. The average Bonchev–Trinajstić information content (AvgIpc) is 2.58. The summed E-state index contributed by atoms with van der Waals surface area (Å²) in [7, 11) is 3.09. The van der Waals surface area contributed by atoms with Gasteiger partial charge in [-0.05, 0) is 42.4 Å². The fourth-order valence-electron chi connectivity index (χ4n) is 1.73. The molecule has 8 heteroatoms. The molecule has 0 atom stereocenters. The highest BCUT2D eigenvalue weighted by Gasteiger charge is 2.05. The number of carbonyl (C=O) groups excluding carboxylic acids is 2. The number of amides is 2. The van der Waals surface area contributed by atoms with Crippen molar-refractivity contribution in [2.24, 2.45) is 0 Å². The Hall–Kier alpha value is -2.61. The number of ether oxygens (including phenoxy) is 2. The number of hydrazine groups is 1. The molecule has 130 valence electrons. The molecule has 7 nitrogen and oxygen atoms in total. The number of thiocarbonyl (C=S) groups is 1. The Morgan fingerprint density at radius 2 is 1.88 bits per heavy atom. The fourth-order valence-corrected chi connectivity index (χ4v) is 1.88. The number of carbonyl (C=O) groups is 2. The number of nitrogens with one attached hydrogen (secondary N) is 3. The lowest BCUT2D eigenvalue weighted by molar-refractivity contribution is -0.122. The third-order valence-electron chi connectivity index (χ3n) is 2.86. The standard InChI is InChI=1S/C16H21N3O4S/c1-4-5-15(21)18-19-16(24)17-14(20)9-7-11-6-8-12(22-2)13(10-11)23-3/h6-10H,4-5H2,1-3H3,(H,18,21)(H2,17,19,20,24)/b9-7+. The van der Waals surface area contributed by atoms with Gasteiger partial charge in [0.05, 0.1) is 14.2 Å². The van der Waals surface area contributed by atoms with E-state index >= 15 is 0 Å². The maximum atomic E-state index is 11.8. The van der Waals surface area contributed by atoms with Crippen LogP contribution < -0.4 is 25.6 Å². The van der Waals surface area contributed by atoms with Gasteiger partial charge >= 0.3 is 0 Å². The van der Waals surface area contributed by atoms with E-state index in [-0.39, 0.29) is 11.0 Å². The van der Waals surface area contributed by atoms with E-state index in [1.54, 1.807) is 31.4 Å². The number of rotatable bonds is 6. The fraction of sp³-hybridized carbons (Fsp3) is 0.312. The van der Waals surface area contributed by atoms with Crippen molar-refractivity contribution in [3.63, 3.8) is 0 Å². The first-order valence-electron chi connectivity index (χ1n) is 7.30. The lowest BCUT2D eigenvalue weighted by atomic mass is 10.2. The Labute approximate surface area is 146 Å². The molecule has 0 aliphatic heterocycles. The number of benzene rings is 1. The van der Waals surface area contributed by atoms with Gasteiger partial charge in [-0.2, -0.15) is 0 Å². The van der Waals surface area contributed by atoms with Crippen LogP contribution in [-0.4, -0.2) is 31.1 Å². The van der Waals surface area contributed by atoms with Crippen LogP contribution in [0.3, 0.4) is 0 Å². The van der Waals surface area contributed by atoms with Crippen LogP contribution in [0.1, 0.15) is 25.3 Å². The molecule has 1 aromatic rings. The first-order valence-corrected chi connectivity index (χ1v) is 7.70. The van der Waals surface area contributed by atoms with Crippen molar-refractivity contribution in [1.82, 2.24) is 16.2 Å². The molecular formula is C16H21N3O4S. The topological polar surface area (TPSA) is 88.7 Å². The molecule has 1 aromatic carbocycles. The predicted octanol–water partition coefficient (Wildman–Crippen LogP) is 1.54. The molecule has 0 aromatic heterocycles. The van der Waals surface area contributed by atoms with E-state index in [1.807, 2.05) is 6.92 Å². The molecule has 0 saturated heterocycles. The Balaban J connectivity index is 2.53. The van der Waals surface area contributed by atoms with Crippen LogP contribution in [0.2, 0.25) is 0 Å². The zero-order valence-electron chi connectivity index (χ0n) is 13.8. The summed E-state index contributed by atoms with van der Waals surface area (Å²) in [5, 5.41) is 2.44. The molecule has 0 bridgehead atoms. The molecule has 0 heterocycles. The molecule has 0 saturated carbocycles. The summed E-state index contributed by atoms with van der Waals surface area (Å²) in [4.78, 5) is 23.1. The first kappa shape index (κ1) is 19.4. The molecule has 0 radical (unpaired) electrons. The van der Waals surface area contributed by atoms with Crippen molar-refractivity contribution < 1.29 is 19.1 Å². The maximum absolute atomic E-state index is 11.8. The number of hydrogen-bond acceptors (Lipinski definition) is 5. The van der Waals surface area contributed by atoms with Crippen molar-refractivity contribution in [3.05, 3.63) is 29.8 Å². The summed E-state index contributed by atoms with van der Waals surface area (Å²) in [6.45, 7) is 1.89. The van der Waals surface area contributed by atoms with Gasteiger partial charge in [-0.25, -0.2) is 0 Å². The lowest BCUT2D eigenvalue weighted by Gasteiger charge is -2.09. The predicted molar refractivity (Wildman–Crippen MR) is 95.5 cm³/mol. The highest BCUT2D eigenvalue weighted by molar-refractivity contribution is 7.80. The highest BCUT2D eigenvalue weighted by atomic mass is 32.1. The van der Waals surface area contributed by atoms with Crippen LogP contribution in [0.4, 0.5) is 0 Å². The van der Waals surface area contributed by atoms with Crippen molar-refractivity contribution in [1.29, 1.82) is 0 Å². The van der Waals surface area contributed by atoms with E-state index in [0.717, 1.165) is 12.0 Å². The molecule has 0 spiro atoms. The normalized spacial score (nSPS) is 10.1. The van der Waals surface area contributed by atoms with Crippen molar-refractivity contribution in [2.75, 3.05) is 14.2 Å². The van der Waals surface area contributed by atoms with E-state index in [2.05, 4.69) is 16.2 Å². The van der Waals surface area contributed by atoms with Gasteiger partial charge < -0.3 is 9.47 Å². The monoisotopic (exact) mass is 351 g/mol. The Bertz CT molecular complexity index is 632. The van der Waals surface area contributed by atoms with Gasteiger partial charge in [0.15, 0.2) is 16.6 Å². The largest absolute Gasteiger partial charge is 0.493 e. The minimum Gasteiger partial charge on any atom is -0.493 e. The quantitative estimate of drug-likeness (QED) is 0.409. The van der Waals surface area contributed by atoms with Crippen LogP contribution >= 0.6 is 12.2 Å². The van der Waals surface area contributed by atoms with E-state index in [0.29, 0.717) is 17.9 Å². The van der Waals surface area contributed by atoms with Crippen LogP contribution in [0, 0.1) is 0 Å². The third kappa shape index (κ3) is 6.66. The SMILES string of the molecule is CCCC(=O)NNC(=S)NC(=O)/C=C/c1ccc(OC)c(OC)c1. The Kier molecular flexibility index (Phi) is 8.28. The average molecular weight is 351 g/mol. The molecule has 0 unspecified atom stereocenters. The molecule has 0 aliphatic rings. The van der Waals surface area contributed by atoms with Crippen molar-refractivity contribution in [2.45, 2.75) is 19.8 Å². The summed E-state index contributed by atoms with van der Waals surface area (Å²) >= 11 is 4.91. The van der Waals surface area contributed by atoms with Crippen molar-refractivity contribution >= 4 is 35.2 Å². The summed E-state index contributed by atoms with van der Waals surface area (Å²) in [6, 6.07) is 5.27. The third-order valence-corrected chi connectivity index (χ3v) is 3.07. The van der Waals surface area contributed by atoms with Gasteiger partial charge in [0, 0.05) is 12.5 Å². The molecule has 0 fully saturated rings. The van der Waals surface area contributed by atoms with Crippen molar-refractivity contribution in [3.8, 4) is 11.5 Å². The zero-order chi connectivity index (χ0) is 17.9. The van der Waals surface area contributed by atoms with Gasteiger partial charge in [-0.15, -0.1) is 0 Å². The Morgan fingerprint density at radius 1 is 1.17 bits per heavy atom. The molecule has 0 aliphatic carbocycles. The molecular weight excluding hydrogens is 330 g/mol. The Morgan fingerprint density at radius 3 is 2.50 bits per heavy atom. The minimum atomic E-state index is -0.424. The second-order valence-corrected chi connectivity index (χ2v) is 5.10. The van der Waals surface area contributed by atoms with E-state index in [4.69, 9.17) is 21.7 Å². The second kappa shape index (κ2) is 10.2. The van der Waals surface area contributed by atoms with E-state index in [1.165, 1.54) is 13.2 Å². The molecule has 3 N–H and O–H groups in total. The first-order chi connectivity index (χ1) is 11.5. The van der Waals surface area contributed by atoms with Gasteiger partial charge in [0.2, 0.25) is 11.8 Å². The van der Waals surface area contributed by atoms with Gasteiger partial charge in [0.25, 0.3) is 0 Å².